The average molecular weight is 360 g/mol. The minimum absolute atomic E-state index is 0.0400. The van der Waals surface area contributed by atoms with E-state index in [1.165, 1.54) is 20.9 Å². The molecule has 0 spiro atoms. The van der Waals surface area contributed by atoms with E-state index in [1.807, 2.05) is 30.3 Å². The summed E-state index contributed by atoms with van der Waals surface area (Å²) in [5.41, 5.74) is 3.26. The molecule has 5 heteroatoms. The Morgan fingerprint density at radius 1 is 1.20 bits per heavy atom. The quantitative estimate of drug-likeness (QED) is 0.882. The normalized spacial score (nSPS) is 23.4. The number of anilines is 1. The first-order chi connectivity index (χ1) is 11.9. The molecule has 4 nitrogen and oxygen atoms in total. The van der Waals surface area contributed by atoms with Crippen molar-refractivity contribution in [3.63, 3.8) is 0 Å². The lowest BCUT2D eigenvalue weighted by molar-refractivity contribution is -0.928. The van der Waals surface area contributed by atoms with Crippen molar-refractivity contribution in [3.05, 3.63) is 51.9 Å². The molecule has 1 saturated heterocycles. The minimum atomic E-state index is -0.0400. The lowest BCUT2D eigenvalue weighted by Gasteiger charge is -2.32. The van der Waals surface area contributed by atoms with Gasteiger partial charge in [-0.15, -0.1) is 11.3 Å². The number of ether oxygens (including phenoxy) is 1. The van der Waals surface area contributed by atoms with E-state index in [0.717, 1.165) is 24.6 Å². The maximum atomic E-state index is 12.6. The number of rotatable bonds is 4. The van der Waals surface area contributed by atoms with Crippen LogP contribution in [0.15, 0.2) is 30.3 Å². The Hall–Kier alpha value is -1.69. The summed E-state index contributed by atoms with van der Waals surface area (Å²) >= 11 is 1.68. The molecule has 1 aromatic heterocycles. The van der Waals surface area contributed by atoms with Gasteiger partial charge in [0.1, 0.15) is 36.8 Å². The van der Waals surface area contributed by atoms with Crippen LogP contribution in [0, 0.1) is 13.8 Å². The number of aryl methyl sites for hydroxylation is 1. The Bertz CT molecular complexity index is 732. The van der Waals surface area contributed by atoms with Crippen molar-refractivity contribution in [2.75, 3.05) is 18.4 Å². The molecule has 2 aromatic rings. The summed E-state index contributed by atoms with van der Waals surface area (Å²) in [5.74, 6) is -0.0400. The fourth-order valence-electron chi connectivity index (χ4n) is 3.54. The third-order valence-corrected chi connectivity index (χ3v) is 5.98. The number of hydrogen-bond acceptors (Lipinski definition) is 3. The average Bonchev–Trinajstić information content (AvgIpc) is 2.82. The molecular weight excluding hydrogens is 332 g/mol. The second kappa shape index (κ2) is 7.68. The van der Waals surface area contributed by atoms with Crippen molar-refractivity contribution < 1.29 is 14.4 Å². The minimum Gasteiger partial charge on any atom is -0.364 e. The van der Waals surface area contributed by atoms with E-state index in [0.29, 0.717) is 5.56 Å². The van der Waals surface area contributed by atoms with E-state index in [4.69, 9.17) is 4.74 Å². The Morgan fingerprint density at radius 2 is 1.84 bits per heavy atom. The highest BCUT2D eigenvalue weighted by Gasteiger charge is 2.28. The molecule has 0 saturated carbocycles. The van der Waals surface area contributed by atoms with Gasteiger partial charge in [0.05, 0.1) is 0 Å². The number of nitrogens with one attached hydrogen (secondary N) is 2. The van der Waals surface area contributed by atoms with Gasteiger partial charge in [0.25, 0.3) is 5.91 Å². The molecule has 0 radical (unpaired) electrons. The van der Waals surface area contributed by atoms with Crippen LogP contribution in [0.5, 0.6) is 0 Å². The first-order valence-electron chi connectivity index (χ1n) is 8.88. The Morgan fingerprint density at radius 3 is 2.48 bits per heavy atom. The Labute approximate surface area is 153 Å². The number of benzene rings is 1. The number of hydrogen-bond donors (Lipinski definition) is 2. The molecule has 0 aliphatic carbocycles. The number of morpholine rings is 1. The number of carbonyl (C=O) groups is 1. The number of amides is 1. The highest BCUT2D eigenvalue weighted by atomic mass is 32.1. The molecule has 134 valence electrons. The molecule has 1 fully saturated rings. The molecule has 0 unspecified atom stereocenters. The highest BCUT2D eigenvalue weighted by Crippen LogP contribution is 2.32. The molecule has 2 atom stereocenters. The van der Waals surface area contributed by atoms with Crippen molar-refractivity contribution in [2.45, 2.75) is 46.4 Å². The fraction of sp³-hybridized carbons (Fsp3) is 0.450. The van der Waals surface area contributed by atoms with Gasteiger partial charge in [-0.25, -0.2) is 0 Å². The van der Waals surface area contributed by atoms with Crippen LogP contribution < -0.4 is 10.2 Å². The standard InChI is InChI=1S/C20H26N2O2S/c1-13-10-22(11-14(2)24-13)12-18-15(3)16(4)25-20(18)21-19(23)17-8-6-5-7-9-17/h5-9,13-14H,10-12H2,1-4H3,(H,21,23)/p+1/t13-,14-/m0/s1. The van der Waals surface area contributed by atoms with Crippen LogP contribution in [0.4, 0.5) is 5.00 Å². The lowest BCUT2D eigenvalue weighted by atomic mass is 10.1. The summed E-state index contributed by atoms with van der Waals surface area (Å²) in [6.45, 7) is 11.5. The van der Waals surface area contributed by atoms with Gasteiger partial charge >= 0.3 is 0 Å². The van der Waals surface area contributed by atoms with Gasteiger partial charge in [-0.1, -0.05) is 18.2 Å². The molecule has 1 aliphatic rings. The number of quaternary nitrogens is 1. The summed E-state index contributed by atoms with van der Waals surface area (Å²) in [5, 5.41) is 4.12. The monoisotopic (exact) mass is 359 g/mol. The van der Waals surface area contributed by atoms with Crippen molar-refractivity contribution in [2.24, 2.45) is 0 Å². The number of thiophene rings is 1. The zero-order valence-corrected chi connectivity index (χ0v) is 16.2. The zero-order valence-electron chi connectivity index (χ0n) is 15.4. The topological polar surface area (TPSA) is 42.8 Å². The summed E-state index contributed by atoms with van der Waals surface area (Å²) in [6, 6.07) is 9.40. The third-order valence-electron chi connectivity index (χ3n) is 4.82. The summed E-state index contributed by atoms with van der Waals surface area (Å²) < 4.78 is 5.85. The predicted octanol–water partition coefficient (Wildman–Crippen LogP) is 2.81. The third kappa shape index (κ3) is 4.29. The first-order valence-corrected chi connectivity index (χ1v) is 9.70. The fourth-order valence-corrected chi connectivity index (χ4v) is 4.61. The van der Waals surface area contributed by atoms with E-state index in [9.17, 15) is 4.79 Å². The Balaban J connectivity index is 1.79. The van der Waals surface area contributed by atoms with E-state index in [-0.39, 0.29) is 18.1 Å². The highest BCUT2D eigenvalue weighted by molar-refractivity contribution is 7.16. The maximum Gasteiger partial charge on any atom is 0.256 e. The molecule has 3 rings (SSSR count). The van der Waals surface area contributed by atoms with Crippen LogP contribution >= 0.6 is 11.3 Å². The smallest absolute Gasteiger partial charge is 0.256 e. The summed E-state index contributed by atoms with van der Waals surface area (Å²) in [6.07, 6.45) is 0.558. The van der Waals surface area contributed by atoms with Gasteiger partial charge in [-0.3, -0.25) is 4.79 Å². The van der Waals surface area contributed by atoms with E-state index < -0.39 is 0 Å². The molecule has 2 heterocycles. The van der Waals surface area contributed by atoms with Gasteiger partial charge < -0.3 is 15.0 Å². The molecule has 1 amide bonds. The van der Waals surface area contributed by atoms with Gasteiger partial charge in [-0.2, -0.15) is 0 Å². The van der Waals surface area contributed by atoms with Crippen molar-refractivity contribution >= 4 is 22.2 Å². The lowest BCUT2D eigenvalue weighted by Crippen LogP contribution is -3.14. The second-order valence-corrected chi connectivity index (χ2v) is 8.23. The maximum absolute atomic E-state index is 12.6. The summed E-state index contributed by atoms with van der Waals surface area (Å²) in [7, 11) is 0. The van der Waals surface area contributed by atoms with Crippen LogP contribution in [-0.4, -0.2) is 31.2 Å². The molecule has 1 aromatic carbocycles. The van der Waals surface area contributed by atoms with E-state index >= 15 is 0 Å². The van der Waals surface area contributed by atoms with Crippen molar-refractivity contribution in [3.8, 4) is 0 Å². The van der Waals surface area contributed by atoms with Crippen LogP contribution in [0.3, 0.4) is 0 Å². The van der Waals surface area contributed by atoms with E-state index in [2.05, 4.69) is 33.0 Å². The SMILES string of the molecule is Cc1sc(NC(=O)c2ccccc2)c(C[NH+]2C[C@H](C)O[C@@H](C)C2)c1C. The molecule has 2 N–H and O–H groups in total. The van der Waals surface area contributed by atoms with Crippen LogP contribution in [-0.2, 0) is 11.3 Å². The molecular formula is C20H27N2O2S+. The van der Waals surface area contributed by atoms with E-state index in [1.54, 1.807) is 11.3 Å². The summed E-state index contributed by atoms with van der Waals surface area (Å²) in [4.78, 5) is 15.3. The van der Waals surface area contributed by atoms with Gasteiger partial charge in [0.15, 0.2) is 0 Å². The van der Waals surface area contributed by atoms with Crippen molar-refractivity contribution in [1.82, 2.24) is 0 Å². The zero-order chi connectivity index (χ0) is 18.0. The predicted molar refractivity (Wildman–Crippen MR) is 103 cm³/mol. The van der Waals surface area contributed by atoms with Gasteiger partial charge in [-0.05, 0) is 45.4 Å². The first kappa shape index (κ1) is 18.1. The van der Waals surface area contributed by atoms with Gasteiger partial charge in [0.2, 0.25) is 0 Å². The van der Waals surface area contributed by atoms with Crippen molar-refractivity contribution in [1.29, 1.82) is 0 Å². The second-order valence-electron chi connectivity index (χ2n) is 7.00. The van der Waals surface area contributed by atoms with Crippen LogP contribution in [0.25, 0.3) is 0 Å². The van der Waals surface area contributed by atoms with Crippen LogP contribution in [0.2, 0.25) is 0 Å². The molecule has 1 aliphatic heterocycles. The largest absolute Gasteiger partial charge is 0.364 e. The number of carbonyl (C=O) groups excluding carboxylic acids is 1. The Kier molecular flexibility index (Phi) is 5.57. The molecule has 25 heavy (non-hydrogen) atoms. The van der Waals surface area contributed by atoms with Gasteiger partial charge in [0, 0.05) is 16.0 Å². The molecule has 0 bridgehead atoms. The van der Waals surface area contributed by atoms with Crippen LogP contribution in [0.1, 0.15) is 40.2 Å².